The number of pyridine rings is 1. The second-order valence-electron chi connectivity index (χ2n) is 4.30. The molecule has 0 radical (unpaired) electrons. The van der Waals surface area contributed by atoms with Crippen molar-refractivity contribution in [2.75, 3.05) is 6.54 Å². The largest absolute Gasteiger partial charge is 0.487 e. The van der Waals surface area contributed by atoms with E-state index in [1.165, 1.54) is 6.07 Å². The van der Waals surface area contributed by atoms with E-state index in [0.29, 0.717) is 17.9 Å². The Morgan fingerprint density at radius 2 is 2.00 bits per heavy atom. The second kappa shape index (κ2) is 6.96. The molecule has 5 heteroatoms. The topological polar surface area (TPSA) is 34.1 Å². The highest BCUT2D eigenvalue weighted by atomic mass is 19.2. The van der Waals surface area contributed by atoms with Gasteiger partial charge in [-0.2, -0.15) is 0 Å². The van der Waals surface area contributed by atoms with Gasteiger partial charge in [0.25, 0.3) is 0 Å². The van der Waals surface area contributed by atoms with Gasteiger partial charge in [-0.15, -0.1) is 0 Å². The molecule has 0 bridgehead atoms. The minimum Gasteiger partial charge on any atom is -0.487 e. The van der Waals surface area contributed by atoms with Crippen molar-refractivity contribution in [1.29, 1.82) is 0 Å². The third-order valence-corrected chi connectivity index (χ3v) is 2.74. The lowest BCUT2D eigenvalue weighted by molar-refractivity contribution is 0.303. The second-order valence-corrected chi connectivity index (χ2v) is 4.30. The van der Waals surface area contributed by atoms with Crippen molar-refractivity contribution >= 4 is 0 Å². The predicted molar refractivity (Wildman–Crippen MR) is 72.3 cm³/mol. The first-order chi connectivity index (χ1) is 9.69. The minimum atomic E-state index is -0.870. The molecule has 1 N–H and O–H groups in total. The van der Waals surface area contributed by atoms with E-state index in [1.54, 1.807) is 12.3 Å². The summed E-state index contributed by atoms with van der Waals surface area (Å²) in [7, 11) is 0. The average Bonchev–Trinajstić information content (AvgIpc) is 2.47. The molecule has 2 aromatic rings. The van der Waals surface area contributed by atoms with Crippen LogP contribution in [0, 0.1) is 11.6 Å². The molecule has 0 aliphatic heterocycles. The summed E-state index contributed by atoms with van der Waals surface area (Å²) in [6.45, 7) is 3.79. The number of nitrogens with zero attached hydrogens (tertiary/aromatic N) is 1. The maximum Gasteiger partial charge on any atom is 0.159 e. The minimum absolute atomic E-state index is 0.172. The molecule has 20 heavy (non-hydrogen) atoms. The average molecular weight is 278 g/mol. The number of benzene rings is 1. The van der Waals surface area contributed by atoms with Crippen LogP contribution in [-0.4, -0.2) is 11.5 Å². The fraction of sp³-hybridized carbons (Fsp3) is 0.267. The monoisotopic (exact) mass is 278 g/mol. The summed E-state index contributed by atoms with van der Waals surface area (Å²) < 4.78 is 31.3. The van der Waals surface area contributed by atoms with Crippen LogP contribution in [-0.2, 0) is 13.2 Å². The SMILES string of the molecule is CCNCc1ccc(OCc2ccc(F)c(F)c2)cn1. The van der Waals surface area contributed by atoms with E-state index >= 15 is 0 Å². The molecule has 0 aliphatic rings. The molecule has 2 rings (SSSR count). The summed E-state index contributed by atoms with van der Waals surface area (Å²) >= 11 is 0. The molecule has 3 nitrogen and oxygen atoms in total. The Kier molecular flexibility index (Phi) is 5.01. The normalized spacial score (nSPS) is 10.6. The summed E-state index contributed by atoms with van der Waals surface area (Å²) in [5, 5.41) is 3.17. The molecule has 1 heterocycles. The fourth-order valence-corrected chi connectivity index (χ4v) is 1.65. The first-order valence-electron chi connectivity index (χ1n) is 6.41. The van der Waals surface area contributed by atoms with E-state index in [2.05, 4.69) is 10.3 Å². The highest BCUT2D eigenvalue weighted by Gasteiger charge is 2.03. The van der Waals surface area contributed by atoms with Crippen LogP contribution in [0.3, 0.4) is 0 Å². The maximum atomic E-state index is 13.0. The van der Waals surface area contributed by atoms with Gasteiger partial charge >= 0.3 is 0 Å². The number of rotatable bonds is 6. The number of nitrogens with one attached hydrogen (secondary N) is 1. The van der Waals surface area contributed by atoms with Crippen LogP contribution in [0.5, 0.6) is 5.75 Å². The highest BCUT2D eigenvalue weighted by molar-refractivity contribution is 5.22. The van der Waals surface area contributed by atoms with Gasteiger partial charge in [-0.05, 0) is 36.4 Å². The van der Waals surface area contributed by atoms with E-state index in [0.717, 1.165) is 24.4 Å². The lowest BCUT2D eigenvalue weighted by Crippen LogP contribution is -2.12. The Hall–Kier alpha value is -2.01. The van der Waals surface area contributed by atoms with Crippen LogP contribution in [0.2, 0.25) is 0 Å². The van der Waals surface area contributed by atoms with Crippen LogP contribution in [0.15, 0.2) is 36.5 Å². The fourth-order valence-electron chi connectivity index (χ4n) is 1.65. The van der Waals surface area contributed by atoms with Gasteiger partial charge in [0.1, 0.15) is 12.4 Å². The number of halogens is 2. The van der Waals surface area contributed by atoms with Crippen molar-refractivity contribution in [2.45, 2.75) is 20.1 Å². The first kappa shape index (κ1) is 14.4. The van der Waals surface area contributed by atoms with E-state index < -0.39 is 11.6 Å². The molecule has 0 unspecified atom stereocenters. The smallest absolute Gasteiger partial charge is 0.159 e. The van der Waals surface area contributed by atoms with Gasteiger partial charge in [0.15, 0.2) is 11.6 Å². The van der Waals surface area contributed by atoms with Crippen LogP contribution in [0.25, 0.3) is 0 Å². The third-order valence-electron chi connectivity index (χ3n) is 2.74. The van der Waals surface area contributed by atoms with E-state index in [-0.39, 0.29) is 6.61 Å². The first-order valence-corrected chi connectivity index (χ1v) is 6.41. The molecule has 0 fully saturated rings. The molecular formula is C15H16F2N2O. The van der Waals surface area contributed by atoms with Crippen LogP contribution >= 0.6 is 0 Å². The van der Waals surface area contributed by atoms with E-state index in [1.807, 2.05) is 13.0 Å². The van der Waals surface area contributed by atoms with Gasteiger partial charge < -0.3 is 10.1 Å². The standard InChI is InChI=1S/C15H16F2N2O/c1-2-18-8-12-4-5-13(9-19-12)20-10-11-3-6-14(16)15(17)7-11/h3-7,9,18H,2,8,10H2,1H3. The van der Waals surface area contributed by atoms with Crippen molar-refractivity contribution in [3.05, 3.63) is 59.4 Å². The number of hydrogen-bond acceptors (Lipinski definition) is 3. The lowest BCUT2D eigenvalue weighted by Gasteiger charge is -2.07. The number of ether oxygens (including phenoxy) is 1. The zero-order chi connectivity index (χ0) is 14.4. The van der Waals surface area contributed by atoms with Gasteiger partial charge in [-0.3, -0.25) is 4.98 Å². The zero-order valence-corrected chi connectivity index (χ0v) is 11.2. The van der Waals surface area contributed by atoms with Gasteiger partial charge in [-0.25, -0.2) is 8.78 Å². The summed E-state index contributed by atoms with van der Waals surface area (Å²) in [6.07, 6.45) is 1.62. The van der Waals surface area contributed by atoms with Gasteiger partial charge in [-0.1, -0.05) is 13.0 Å². The van der Waals surface area contributed by atoms with Crippen molar-refractivity contribution < 1.29 is 13.5 Å². The quantitative estimate of drug-likeness (QED) is 0.882. The molecule has 0 saturated heterocycles. The lowest BCUT2D eigenvalue weighted by atomic mass is 10.2. The molecular weight excluding hydrogens is 262 g/mol. The van der Waals surface area contributed by atoms with E-state index in [4.69, 9.17) is 4.74 Å². The van der Waals surface area contributed by atoms with Crippen molar-refractivity contribution in [1.82, 2.24) is 10.3 Å². The summed E-state index contributed by atoms with van der Waals surface area (Å²) in [6, 6.07) is 7.38. The van der Waals surface area contributed by atoms with Crippen LogP contribution in [0.4, 0.5) is 8.78 Å². The number of aromatic nitrogens is 1. The zero-order valence-electron chi connectivity index (χ0n) is 11.2. The number of hydrogen-bond donors (Lipinski definition) is 1. The van der Waals surface area contributed by atoms with Crippen molar-refractivity contribution in [2.24, 2.45) is 0 Å². The van der Waals surface area contributed by atoms with Crippen molar-refractivity contribution in [3.8, 4) is 5.75 Å². The van der Waals surface area contributed by atoms with Crippen LogP contribution < -0.4 is 10.1 Å². The van der Waals surface area contributed by atoms with Crippen molar-refractivity contribution in [3.63, 3.8) is 0 Å². The third kappa shape index (κ3) is 3.99. The van der Waals surface area contributed by atoms with Gasteiger partial charge in [0.05, 0.1) is 11.9 Å². The Bertz CT molecular complexity index is 558. The molecule has 106 valence electrons. The highest BCUT2D eigenvalue weighted by Crippen LogP contribution is 2.14. The Morgan fingerprint density at radius 1 is 1.15 bits per heavy atom. The summed E-state index contributed by atoms with van der Waals surface area (Å²) in [5.41, 5.74) is 1.49. The molecule has 1 aromatic carbocycles. The summed E-state index contributed by atoms with van der Waals surface area (Å²) in [5.74, 6) is -1.14. The molecule has 1 aromatic heterocycles. The molecule has 0 saturated carbocycles. The van der Waals surface area contributed by atoms with Gasteiger partial charge in [0.2, 0.25) is 0 Å². The van der Waals surface area contributed by atoms with Crippen LogP contribution in [0.1, 0.15) is 18.2 Å². The Balaban J connectivity index is 1.91. The summed E-state index contributed by atoms with van der Waals surface area (Å²) in [4.78, 5) is 4.24. The van der Waals surface area contributed by atoms with Gasteiger partial charge in [0, 0.05) is 6.54 Å². The molecule has 0 aliphatic carbocycles. The molecule has 0 spiro atoms. The maximum absolute atomic E-state index is 13.0. The molecule has 0 amide bonds. The van der Waals surface area contributed by atoms with E-state index in [9.17, 15) is 8.78 Å². The predicted octanol–water partition coefficient (Wildman–Crippen LogP) is 3.05. The Labute approximate surface area is 116 Å². The Morgan fingerprint density at radius 3 is 2.65 bits per heavy atom. The molecule has 0 atom stereocenters.